The maximum Gasteiger partial charge on any atom is 0.264 e. The highest BCUT2D eigenvalue weighted by Gasteiger charge is 2.15. The van der Waals surface area contributed by atoms with E-state index in [9.17, 15) is 13.2 Å². The van der Waals surface area contributed by atoms with E-state index in [1.54, 1.807) is 18.2 Å². The number of hydrogen-bond acceptors (Lipinski definition) is 5. The van der Waals surface area contributed by atoms with Gasteiger partial charge >= 0.3 is 0 Å². The Kier molecular flexibility index (Phi) is 4.39. The molecule has 21 heavy (non-hydrogen) atoms. The van der Waals surface area contributed by atoms with E-state index >= 15 is 0 Å². The van der Waals surface area contributed by atoms with Crippen LogP contribution in [0, 0.1) is 0 Å². The van der Waals surface area contributed by atoms with Gasteiger partial charge < -0.3 is 5.32 Å². The number of halogens is 1. The number of aromatic nitrogens is 2. The summed E-state index contributed by atoms with van der Waals surface area (Å²) in [6.45, 7) is 1.36. The first-order chi connectivity index (χ1) is 9.87. The van der Waals surface area contributed by atoms with Crippen LogP contribution in [0.25, 0.3) is 0 Å². The van der Waals surface area contributed by atoms with Crippen LogP contribution in [0.5, 0.6) is 0 Å². The van der Waals surface area contributed by atoms with Crippen LogP contribution in [-0.4, -0.2) is 24.3 Å². The van der Waals surface area contributed by atoms with Crippen LogP contribution < -0.4 is 10.0 Å². The molecule has 0 saturated carbocycles. The van der Waals surface area contributed by atoms with Crippen molar-refractivity contribution in [2.45, 2.75) is 11.8 Å². The first-order valence-corrected chi connectivity index (χ1v) is 7.61. The first-order valence-electron chi connectivity index (χ1n) is 5.75. The molecule has 0 unspecified atom stereocenters. The van der Waals surface area contributed by atoms with Gasteiger partial charge in [-0.25, -0.2) is 18.4 Å². The predicted molar refractivity (Wildman–Crippen MR) is 78.6 cm³/mol. The Hall–Kier alpha value is -2.19. The van der Waals surface area contributed by atoms with Crippen molar-refractivity contribution in [1.82, 2.24) is 9.97 Å². The maximum absolute atomic E-state index is 12.1. The number of nitrogens with zero attached hydrogens (tertiary/aromatic N) is 2. The molecule has 1 heterocycles. The van der Waals surface area contributed by atoms with Crippen molar-refractivity contribution < 1.29 is 13.2 Å². The Balaban J connectivity index is 2.24. The molecule has 0 saturated heterocycles. The Labute approximate surface area is 126 Å². The summed E-state index contributed by atoms with van der Waals surface area (Å²) in [6.07, 6.45) is 2.21. The van der Waals surface area contributed by atoms with Crippen LogP contribution in [0.3, 0.4) is 0 Å². The van der Waals surface area contributed by atoms with Gasteiger partial charge in [0.15, 0.2) is 0 Å². The van der Waals surface area contributed by atoms with E-state index in [2.05, 4.69) is 20.0 Å². The average Bonchev–Trinajstić information content (AvgIpc) is 2.38. The smallest absolute Gasteiger partial charge is 0.264 e. The van der Waals surface area contributed by atoms with Crippen molar-refractivity contribution in [2.24, 2.45) is 0 Å². The van der Waals surface area contributed by atoms with Crippen LogP contribution in [0.2, 0.25) is 5.28 Å². The zero-order chi connectivity index (χ0) is 15.5. The highest BCUT2D eigenvalue weighted by Crippen LogP contribution is 2.19. The topological polar surface area (TPSA) is 101 Å². The molecule has 0 aliphatic rings. The highest BCUT2D eigenvalue weighted by molar-refractivity contribution is 7.92. The number of anilines is 2. The number of amides is 1. The summed E-state index contributed by atoms with van der Waals surface area (Å²) in [6, 6.07) is 6.31. The molecule has 0 aliphatic carbocycles. The van der Waals surface area contributed by atoms with Gasteiger partial charge in [0, 0.05) is 12.6 Å². The number of benzene rings is 1. The summed E-state index contributed by atoms with van der Waals surface area (Å²) in [5, 5.41) is 2.52. The fourth-order valence-electron chi connectivity index (χ4n) is 1.52. The number of hydrogen-bond donors (Lipinski definition) is 2. The number of nitrogens with one attached hydrogen (secondary N) is 2. The van der Waals surface area contributed by atoms with Crippen LogP contribution >= 0.6 is 11.6 Å². The van der Waals surface area contributed by atoms with Gasteiger partial charge in [-0.3, -0.25) is 9.52 Å². The summed E-state index contributed by atoms with van der Waals surface area (Å²) in [5.41, 5.74) is 0.784. The maximum atomic E-state index is 12.1. The number of sulfonamides is 1. The standard InChI is InChI=1S/C12H11ClN4O3S/c1-8(18)16-9-3-2-4-10(5-9)17-21(19,20)11-6-14-12(13)15-7-11/h2-7,17H,1H3,(H,16,18). The van der Waals surface area contributed by atoms with E-state index in [4.69, 9.17) is 11.6 Å². The van der Waals surface area contributed by atoms with Gasteiger partial charge in [0.2, 0.25) is 11.2 Å². The van der Waals surface area contributed by atoms with Crippen molar-refractivity contribution in [3.8, 4) is 0 Å². The normalized spacial score (nSPS) is 11.0. The van der Waals surface area contributed by atoms with Crippen LogP contribution in [-0.2, 0) is 14.8 Å². The third-order valence-electron chi connectivity index (χ3n) is 2.34. The van der Waals surface area contributed by atoms with Crippen LogP contribution in [0.1, 0.15) is 6.92 Å². The quantitative estimate of drug-likeness (QED) is 0.835. The summed E-state index contributed by atoms with van der Waals surface area (Å²) in [7, 11) is -3.82. The number of rotatable bonds is 4. The lowest BCUT2D eigenvalue weighted by Crippen LogP contribution is -2.14. The molecule has 1 aromatic carbocycles. The minimum absolute atomic E-state index is 0.0402. The molecule has 1 amide bonds. The second-order valence-electron chi connectivity index (χ2n) is 4.06. The molecule has 1 aromatic heterocycles. The van der Waals surface area contributed by atoms with Crippen LogP contribution in [0.15, 0.2) is 41.6 Å². The average molecular weight is 327 g/mol. The molecule has 2 N–H and O–H groups in total. The predicted octanol–water partition coefficient (Wildman–Crippen LogP) is 1.89. The van der Waals surface area contributed by atoms with Gasteiger partial charge in [-0.05, 0) is 29.8 Å². The second kappa shape index (κ2) is 6.06. The van der Waals surface area contributed by atoms with Gasteiger partial charge in [-0.1, -0.05) is 6.07 Å². The van der Waals surface area contributed by atoms with Gasteiger partial charge in [-0.15, -0.1) is 0 Å². The van der Waals surface area contributed by atoms with Gasteiger partial charge in [-0.2, -0.15) is 0 Å². The second-order valence-corrected chi connectivity index (χ2v) is 6.08. The first kappa shape index (κ1) is 15.2. The van der Waals surface area contributed by atoms with Crippen molar-refractivity contribution >= 4 is 38.9 Å². The molecule has 0 bridgehead atoms. The Morgan fingerprint density at radius 2 is 1.81 bits per heavy atom. The minimum atomic E-state index is -3.82. The number of carbonyl (C=O) groups excluding carboxylic acids is 1. The van der Waals surface area contributed by atoms with E-state index in [-0.39, 0.29) is 16.1 Å². The Morgan fingerprint density at radius 1 is 1.19 bits per heavy atom. The molecule has 0 radical (unpaired) electrons. The largest absolute Gasteiger partial charge is 0.326 e. The molecular weight excluding hydrogens is 316 g/mol. The van der Waals surface area contributed by atoms with Crippen molar-refractivity contribution in [1.29, 1.82) is 0 Å². The van der Waals surface area contributed by atoms with Crippen molar-refractivity contribution in [3.05, 3.63) is 41.9 Å². The van der Waals surface area contributed by atoms with Crippen molar-refractivity contribution in [3.63, 3.8) is 0 Å². The zero-order valence-corrected chi connectivity index (χ0v) is 12.4. The summed E-state index contributed by atoms with van der Waals surface area (Å²) in [4.78, 5) is 18.1. The van der Waals surface area contributed by atoms with Crippen molar-refractivity contribution in [2.75, 3.05) is 10.0 Å². The molecule has 9 heteroatoms. The minimum Gasteiger partial charge on any atom is -0.326 e. The third-order valence-corrected chi connectivity index (χ3v) is 3.87. The summed E-state index contributed by atoms with van der Waals surface area (Å²) >= 11 is 5.51. The molecule has 110 valence electrons. The van der Waals surface area contributed by atoms with E-state index in [1.165, 1.54) is 13.0 Å². The monoisotopic (exact) mass is 326 g/mol. The molecule has 0 spiro atoms. The van der Waals surface area contributed by atoms with E-state index in [0.717, 1.165) is 12.4 Å². The highest BCUT2D eigenvalue weighted by atomic mass is 35.5. The van der Waals surface area contributed by atoms with E-state index < -0.39 is 10.0 Å². The molecule has 2 rings (SSSR count). The zero-order valence-electron chi connectivity index (χ0n) is 10.9. The van der Waals surface area contributed by atoms with Gasteiger partial charge in [0.1, 0.15) is 4.90 Å². The molecule has 2 aromatic rings. The molecule has 0 fully saturated rings. The van der Waals surface area contributed by atoms with Gasteiger partial charge in [0.05, 0.1) is 18.1 Å². The molecule has 7 nitrogen and oxygen atoms in total. The lowest BCUT2D eigenvalue weighted by atomic mass is 10.3. The lowest BCUT2D eigenvalue weighted by molar-refractivity contribution is -0.114. The van der Waals surface area contributed by atoms with E-state index in [1.807, 2.05) is 0 Å². The fourth-order valence-corrected chi connectivity index (χ4v) is 2.55. The SMILES string of the molecule is CC(=O)Nc1cccc(NS(=O)(=O)c2cnc(Cl)nc2)c1. The lowest BCUT2D eigenvalue weighted by Gasteiger charge is -2.09. The molecule has 0 atom stereocenters. The Bertz CT molecular complexity index is 762. The fraction of sp³-hybridized carbons (Fsp3) is 0.0833. The molecule has 0 aliphatic heterocycles. The molecular formula is C12H11ClN4O3S. The third kappa shape index (κ3) is 4.14. The van der Waals surface area contributed by atoms with E-state index in [0.29, 0.717) is 11.4 Å². The Morgan fingerprint density at radius 3 is 2.43 bits per heavy atom. The van der Waals surface area contributed by atoms with Gasteiger partial charge in [0.25, 0.3) is 10.0 Å². The van der Waals surface area contributed by atoms with Crippen LogP contribution in [0.4, 0.5) is 11.4 Å². The summed E-state index contributed by atoms with van der Waals surface area (Å²) in [5.74, 6) is -0.249. The number of carbonyl (C=O) groups is 1. The summed E-state index contributed by atoms with van der Waals surface area (Å²) < 4.78 is 26.6.